The van der Waals surface area contributed by atoms with Crippen molar-refractivity contribution in [3.8, 4) is 0 Å². The van der Waals surface area contributed by atoms with Gasteiger partial charge in [0.25, 0.3) is 0 Å². The van der Waals surface area contributed by atoms with Crippen LogP contribution in [-0.2, 0) is 9.53 Å². The summed E-state index contributed by atoms with van der Waals surface area (Å²) in [6, 6.07) is 0.247. The molecule has 82 valence electrons. The highest BCUT2D eigenvalue weighted by atomic mass is 16.5. The average Bonchev–Trinajstić information content (AvgIpc) is 2.86. The topological polar surface area (TPSA) is 38.3 Å². The zero-order valence-electron chi connectivity index (χ0n) is 9.59. The Balaban J connectivity index is 2.42. The third-order valence-corrected chi connectivity index (χ3v) is 3.11. The molecule has 0 unspecified atom stereocenters. The fourth-order valence-corrected chi connectivity index (χ4v) is 1.39. The van der Waals surface area contributed by atoms with Crippen LogP contribution in [0.5, 0.6) is 0 Å². The van der Waals surface area contributed by atoms with Crippen molar-refractivity contribution < 1.29 is 9.53 Å². The second-order valence-corrected chi connectivity index (χ2v) is 4.72. The van der Waals surface area contributed by atoms with Crippen molar-refractivity contribution >= 4 is 5.91 Å². The number of rotatable bonds is 5. The number of nitrogens with one attached hydrogen (secondary N) is 1. The van der Waals surface area contributed by atoms with Gasteiger partial charge in [-0.3, -0.25) is 4.79 Å². The second-order valence-electron chi connectivity index (χ2n) is 4.72. The van der Waals surface area contributed by atoms with Gasteiger partial charge in [0, 0.05) is 13.2 Å². The third kappa shape index (κ3) is 2.47. The smallest absolute Gasteiger partial charge is 0.228 e. The van der Waals surface area contributed by atoms with Crippen LogP contribution in [0.4, 0.5) is 0 Å². The van der Waals surface area contributed by atoms with Crippen molar-refractivity contribution in [1.82, 2.24) is 5.32 Å². The highest BCUT2D eigenvalue weighted by molar-refractivity contribution is 5.85. The molecule has 0 aromatic carbocycles. The summed E-state index contributed by atoms with van der Waals surface area (Å²) < 4.78 is 5.07. The Morgan fingerprint density at radius 1 is 1.43 bits per heavy atom. The maximum Gasteiger partial charge on any atom is 0.228 e. The molecule has 0 bridgehead atoms. The molecule has 0 aromatic heterocycles. The molecule has 1 aliphatic rings. The number of ether oxygens (including phenoxy) is 1. The molecular formula is C11H21NO2. The SMILES string of the molecule is COCC1(C(=O)N[C@H](C)C(C)C)CC1. The number of carbonyl (C=O) groups is 1. The standard InChI is InChI=1S/C11H21NO2/c1-8(2)9(3)12-10(13)11(5-6-11)7-14-4/h8-9H,5-7H2,1-4H3,(H,12,13)/t9-/m1/s1. The number of carbonyl (C=O) groups excluding carboxylic acids is 1. The molecular weight excluding hydrogens is 178 g/mol. The fourth-order valence-electron chi connectivity index (χ4n) is 1.39. The van der Waals surface area contributed by atoms with E-state index in [1.165, 1.54) is 0 Å². The predicted molar refractivity (Wildman–Crippen MR) is 56.0 cm³/mol. The zero-order valence-corrected chi connectivity index (χ0v) is 9.59. The minimum atomic E-state index is -0.197. The van der Waals surface area contributed by atoms with Gasteiger partial charge in [0.15, 0.2) is 0 Å². The summed E-state index contributed by atoms with van der Waals surface area (Å²) in [6.45, 7) is 6.83. The van der Waals surface area contributed by atoms with Crippen LogP contribution in [0.2, 0.25) is 0 Å². The Bertz CT molecular complexity index is 209. The van der Waals surface area contributed by atoms with E-state index < -0.39 is 0 Å². The van der Waals surface area contributed by atoms with Crippen LogP contribution in [0, 0.1) is 11.3 Å². The van der Waals surface area contributed by atoms with E-state index >= 15 is 0 Å². The van der Waals surface area contributed by atoms with Crippen molar-refractivity contribution in [3.05, 3.63) is 0 Å². The minimum absolute atomic E-state index is 0.167. The maximum absolute atomic E-state index is 11.8. The summed E-state index contributed by atoms with van der Waals surface area (Å²) in [5.74, 6) is 0.651. The maximum atomic E-state index is 11.8. The van der Waals surface area contributed by atoms with E-state index in [1.54, 1.807) is 7.11 Å². The lowest BCUT2D eigenvalue weighted by molar-refractivity contribution is -0.129. The lowest BCUT2D eigenvalue weighted by Crippen LogP contribution is -2.42. The summed E-state index contributed by atoms with van der Waals surface area (Å²) in [6.07, 6.45) is 1.94. The highest BCUT2D eigenvalue weighted by Gasteiger charge is 2.50. The van der Waals surface area contributed by atoms with Crippen LogP contribution in [0.25, 0.3) is 0 Å². The quantitative estimate of drug-likeness (QED) is 0.730. The van der Waals surface area contributed by atoms with Gasteiger partial charge in [0.05, 0.1) is 12.0 Å². The van der Waals surface area contributed by atoms with Crippen LogP contribution >= 0.6 is 0 Å². The van der Waals surface area contributed by atoms with Crippen molar-refractivity contribution in [1.29, 1.82) is 0 Å². The van der Waals surface area contributed by atoms with Gasteiger partial charge in [0.2, 0.25) is 5.91 Å². The second kappa shape index (κ2) is 4.30. The summed E-state index contributed by atoms with van der Waals surface area (Å²) >= 11 is 0. The van der Waals surface area contributed by atoms with Crippen molar-refractivity contribution in [3.63, 3.8) is 0 Å². The first-order chi connectivity index (χ1) is 6.52. The lowest BCUT2D eigenvalue weighted by Gasteiger charge is -2.21. The van der Waals surface area contributed by atoms with Crippen LogP contribution in [0.15, 0.2) is 0 Å². The van der Waals surface area contributed by atoms with E-state index in [4.69, 9.17) is 4.74 Å². The molecule has 0 aromatic rings. The first kappa shape index (κ1) is 11.5. The molecule has 1 aliphatic carbocycles. The van der Waals surface area contributed by atoms with Gasteiger partial charge < -0.3 is 10.1 Å². The number of methoxy groups -OCH3 is 1. The van der Waals surface area contributed by atoms with E-state index in [9.17, 15) is 4.79 Å². The lowest BCUT2D eigenvalue weighted by atomic mass is 10.0. The molecule has 1 amide bonds. The Morgan fingerprint density at radius 2 is 2.00 bits per heavy atom. The Hall–Kier alpha value is -0.570. The summed E-state index contributed by atoms with van der Waals surface area (Å²) in [7, 11) is 1.65. The van der Waals surface area contributed by atoms with E-state index in [0.717, 1.165) is 12.8 Å². The third-order valence-electron chi connectivity index (χ3n) is 3.11. The van der Waals surface area contributed by atoms with Gasteiger partial charge in [-0.15, -0.1) is 0 Å². The van der Waals surface area contributed by atoms with E-state index in [0.29, 0.717) is 12.5 Å². The molecule has 0 radical (unpaired) electrons. The van der Waals surface area contributed by atoms with E-state index in [1.807, 2.05) is 6.92 Å². The monoisotopic (exact) mass is 199 g/mol. The van der Waals surface area contributed by atoms with E-state index in [2.05, 4.69) is 19.2 Å². The van der Waals surface area contributed by atoms with Crippen LogP contribution in [0.1, 0.15) is 33.6 Å². The molecule has 0 saturated heterocycles. The molecule has 1 rings (SSSR count). The molecule has 3 heteroatoms. The van der Waals surface area contributed by atoms with Gasteiger partial charge in [-0.2, -0.15) is 0 Å². The normalized spacial score (nSPS) is 20.6. The van der Waals surface area contributed by atoms with Gasteiger partial charge in [-0.05, 0) is 25.7 Å². The Morgan fingerprint density at radius 3 is 2.36 bits per heavy atom. The zero-order chi connectivity index (χ0) is 10.8. The highest BCUT2D eigenvalue weighted by Crippen LogP contribution is 2.46. The number of hydrogen-bond acceptors (Lipinski definition) is 2. The van der Waals surface area contributed by atoms with Crippen molar-refractivity contribution in [2.75, 3.05) is 13.7 Å². The average molecular weight is 199 g/mol. The van der Waals surface area contributed by atoms with Crippen LogP contribution < -0.4 is 5.32 Å². The molecule has 3 nitrogen and oxygen atoms in total. The Kier molecular flexibility index (Phi) is 3.53. The fraction of sp³-hybridized carbons (Fsp3) is 0.909. The largest absolute Gasteiger partial charge is 0.384 e. The van der Waals surface area contributed by atoms with Crippen LogP contribution in [-0.4, -0.2) is 25.7 Å². The van der Waals surface area contributed by atoms with E-state index in [-0.39, 0.29) is 17.4 Å². The molecule has 0 heterocycles. The van der Waals surface area contributed by atoms with Gasteiger partial charge >= 0.3 is 0 Å². The van der Waals surface area contributed by atoms with Gasteiger partial charge in [-0.25, -0.2) is 0 Å². The molecule has 14 heavy (non-hydrogen) atoms. The van der Waals surface area contributed by atoms with Gasteiger partial charge in [-0.1, -0.05) is 13.8 Å². The molecule has 1 saturated carbocycles. The molecule has 1 fully saturated rings. The number of amides is 1. The van der Waals surface area contributed by atoms with Crippen LogP contribution in [0.3, 0.4) is 0 Å². The van der Waals surface area contributed by atoms with Crippen molar-refractivity contribution in [2.45, 2.75) is 39.7 Å². The molecule has 1 atom stereocenters. The van der Waals surface area contributed by atoms with Crippen molar-refractivity contribution in [2.24, 2.45) is 11.3 Å². The molecule has 1 N–H and O–H groups in total. The summed E-state index contributed by atoms with van der Waals surface area (Å²) in [5.41, 5.74) is -0.197. The first-order valence-corrected chi connectivity index (χ1v) is 5.32. The predicted octanol–water partition coefficient (Wildman–Crippen LogP) is 1.57. The molecule has 0 aliphatic heterocycles. The van der Waals surface area contributed by atoms with Gasteiger partial charge in [0.1, 0.15) is 0 Å². The summed E-state index contributed by atoms with van der Waals surface area (Å²) in [4.78, 5) is 11.8. The number of hydrogen-bond donors (Lipinski definition) is 1. The summed E-state index contributed by atoms with van der Waals surface area (Å²) in [5, 5.41) is 3.05. The minimum Gasteiger partial charge on any atom is -0.384 e. The first-order valence-electron chi connectivity index (χ1n) is 5.32. The Labute approximate surface area is 86.2 Å². The molecule has 0 spiro atoms.